The fraction of sp³-hybridized carbons (Fsp3) is 0.200. The summed E-state index contributed by atoms with van der Waals surface area (Å²) in [6.07, 6.45) is 0. The molecule has 1 spiro atoms. The highest BCUT2D eigenvalue weighted by Crippen LogP contribution is 2.62. The van der Waals surface area contributed by atoms with E-state index >= 15 is 0 Å². The summed E-state index contributed by atoms with van der Waals surface area (Å²) in [6.45, 7) is 8.57. The zero-order chi connectivity index (χ0) is 20.9. The summed E-state index contributed by atoms with van der Waals surface area (Å²) < 4.78 is 0. The minimum atomic E-state index is -0.204. The van der Waals surface area contributed by atoms with Crippen molar-refractivity contribution in [3.05, 3.63) is 119 Å². The minimum Gasteiger partial charge on any atom is -0.0683 e. The second kappa shape index (κ2) is 6.99. The highest BCUT2D eigenvalue weighted by molar-refractivity contribution is 5.94. The smallest absolute Gasteiger partial charge is 0.0683 e. The average molecular weight is 389 g/mol. The van der Waals surface area contributed by atoms with Crippen LogP contribution in [0.5, 0.6) is 0 Å². The third-order valence-corrected chi connectivity index (χ3v) is 6.69. The van der Waals surface area contributed by atoms with Gasteiger partial charge in [-0.05, 0) is 56.0 Å². The van der Waals surface area contributed by atoms with Gasteiger partial charge in [-0.2, -0.15) is 0 Å². The first-order valence-electron chi connectivity index (χ1n) is 11.2. The van der Waals surface area contributed by atoms with Gasteiger partial charge in [0.15, 0.2) is 0 Å². The van der Waals surface area contributed by atoms with Crippen LogP contribution in [0.25, 0.3) is 22.3 Å². The van der Waals surface area contributed by atoms with Crippen molar-refractivity contribution in [1.29, 1.82) is 0 Å². The Morgan fingerprint density at radius 3 is 1.33 bits per heavy atom. The topological polar surface area (TPSA) is 0 Å². The molecule has 0 aromatic heterocycles. The predicted molar refractivity (Wildman–Crippen MR) is 128 cm³/mol. The maximum atomic E-state index is 2.47. The molecule has 148 valence electrons. The molecular formula is C30H28. The Bertz CT molecular complexity index is 1180. The number of benzene rings is 4. The molecule has 0 heteroatoms. The van der Waals surface area contributed by atoms with Crippen LogP contribution in [0.2, 0.25) is 0 Å². The van der Waals surface area contributed by atoms with E-state index in [9.17, 15) is 0 Å². The van der Waals surface area contributed by atoms with Crippen molar-refractivity contribution >= 4 is 0 Å². The van der Waals surface area contributed by atoms with Crippen LogP contribution >= 0.6 is 0 Å². The van der Waals surface area contributed by atoms with E-state index in [0.717, 1.165) is 0 Å². The lowest BCUT2D eigenvalue weighted by Gasteiger charge is -2.30. The van der Waals surface area contributed by atoms with E-state index in [0.29, 0.717) is 5.92 Å². The molecule has 0 radical (unpaired) electrons. The number of rotatable bonds is 1. The fourth-order valence-corrected chi connectivity index (χ4v) is 5.47. The summed E-state index contributed by atoms with van der Waals surface area (Å²) in [4.78, 5) is 0. The maximum Gasteiger partial charge on any atom is 0.0725 e. The third-order valence-electron chi connectivity index (χ3n) is 6.69. The van der Waals surface area contributed by atoms with Gasteiger partial charge in [-0.25, -0.2) is 0 Å². The van der Waals surface area contributed by atoms with Gasteiger partial charge < -0.3 is 0 Å². The highest BCUT2D eigenvalue weighted by atomic mass is 14.5. The summed E-state index contributed by atoms with van der Waals surface area (Å²) >= 11 is 0. The van der Waals surface area contributed by atoms with Crippen molar-refractivity contribution < 1.29 is 0 Å². The summed E-state index contributed by atoms with van der Waals surface area (Å²) in [5, 5.41) is 0. The summed E-state index contributed by atoms with van der Waals surface area (Å²) in [5.74, 6) is 0.512. The molecule has 4 aromatic carbocycles. The molecule has 0 aliphatic heterocycles. The van der Waals surface area contributed by atoms with E-state index in [1.165, 1.54) is 50.1 Å². The molecule has 0 saturated heterocycles. The molecule has 0 nitrogen and oxygen atoms in total. The van der Waals surface area contributed by atoms with E-state index in [-0.39, 0.29) is 5.41 Å². The summed E-state index contributed by atoms with van der Waals surface area (Å²) in [7, 11) is 0. The lowest BCUT2D eigenvalue weighted by Crippen LogP contribution is -2.26. The maximum absolute atomic E-state index is 2.47. The number of fused-ring (bicyclic) bond motifs is 10. The molecule has 6 rings (SSSR count). The zero-order valence-corrected chi connectivity index (χ0v) is 18.2. The molecule has 2 aliphatic rings. The van der Waals surface area contributed by atoms with Gasteiger partial charge in [0.1, 0.15) is 0 Å². The minimum absolute atomic E-state index is 0.204. The van der Waals surface area contributed by atoms with Crippen LogP contribution in [0.3, 0.4) is 0 Å². The van der Waals surface area contributed by atoms with Crippen molar-refractivity contribution in [1.82, 2.24) is 0 Å². The summed E-state index contributed by atoms with van der Waals surface area (Å²) in [5.41, 5.74) is 12.4. The predicted octanol–water partition coefficient (Wildman–Crippen LogP) is 8.18. The van der Waals surface area contributed by atoms with Crippen molar-refractivity contribution in [2.24, 2.45) is 0 Å². The zero-order valence-electron chi connectivity index (χ0n) is 18.2. The average Bonchev–Trinajstić information content (AvgIpc) is 3.27. The van der Waals surface area contributed by atoms with E-state index in [1.54, 1.807) is 0 Å². The van der Waals surface area contributed by atoms with Gasteiger partial charge in [-0.15, -0.1) is 0 Å². The van der Waals surface area contributed by atoms with Crippen LogP contribution in [0.1, 0.15) is 61.4 Å². The Kier molecular flexibility index (Phi) is 4.40. The highest BCUT2D eigenvalue weighted by Gasteiger charge is 2.51. The van der Waals surface area contributed by atoms with Crippen LogP contribution in [0.15, 0.2) is 91.0 Å². The SMILES string of the molecule is CC.CC(C)c1ccc2c(c1)C1(c3ccccc3-c3ccccc31)c1ccccc1-2. The number of hydrogen-bond acceptors (Lipinski definition) is 0. The molecule has 0 unspecified atom stereocenters. The van der Waals surface area contributed by atoms with Crippen molar-refractivity contribution in [2.75, 3.05) is 0 Å². The van der Waals surface area contributed by atoms with Gasteiger partial charge in [0.05, 0.1) is 5.41 Å². The quantitative estimate of drug-likeness (QED) is 0.266. The first kappa shape index (κ1) is 18.9. The fourth-order valence-electron chi connectivity index (χ4n) is 5.47. The molecule has 0 atom stereocenters. The molecule has 30 heavy (non-hydrogen) atoms. The van der Waals surface area contributed by atoms with Crippen molar-refractivity contribution in [3.63, 3.8) is 0 Å². The molecule has 0 N–H and O–H groups in total. The molecule has 0 fully saturated rings. The Morgan fingerprint density at radius 1 is 0.500 bits per heavy atom. The molecule has 0 heterocycles. The standard InChI is InChI=1S/C28H22.C2H6/c1-18(2)19-15-16-23-22-11-5-8-14-26(22)28(27(23)17-19)24-12-6-3-9-20(24)21-10-4-7-13-25(21)28;1-2/h3-18H,1-2H3;1-2H3. The molecule has 2 aliphatic carbocycles. The Balaban J connectivity index is 0.000000937. The van der Waals surface area contributed by atoms with Crippen molar-refractivity contribution in [3.8, 4) is 22.3 Å². The first-order chi connectivity index (χ1) is 14.7. The first-order valence-corrected chi connectivity index (χ1v) is 11.2. The van der Waals surface area contributed by atoms with E-state index in [1.807, 2.05) is 13.8 Å². The molecular weight excluding hydrogens is 360 g/mol. The second-order valence-electron chi connectivity index (χ2n) is 8.35. The van der Waals surface area contributed by atoms with Crippen LogP contribution in [-0.2, 0) is 5.41 Å². The third kappa shape index (κ3) is 2.28. The van der Waals surface area contributed by atoms with Crippen molar-refractivity contribution in [2.45, 2.75) is 39.0 Å². The van der Waals surface area contributed by atoms with E-state index in [4.69, 9.17) is 0 Å². The van der Waals surface area contributed by atoms with E-state index < -0.39 is 0 Å². The molecule has 4 aromatic rings. The van der Waals surface area contributed by atoms with E-state index in [2.05, 4.69) is 105 Å². The van der Waals surface area contributed by atoms with Crippen LogP contribution in [0, 0.1) is 0 Å². The molecule has 0 amide bonds. The Hall–Kier alpha value is -3.12. The van der Waals surface area contributed by atoms with Crippen LogP contribution in [-0.4, -0.2) is 0 Å². The normalized spacial score (nSPS) is 13.9. The lowest BCUT2D eigenvalue weighted by molar-refractivity contribution is 0.784. The lowest BCUT2D eigenvalue weighted by atomic mass is 9.70. The summed E-state index contributed by atoms with van der Waals surface area (Å²) in [6, 6.07) is 34.1. The van der Waals surface area contributed by atoms with Gasteiger partial charge in [0.25, 0.3) is 0 Å². The monoisotopic (exact) mass is 388 g/mol. The van der Waals surface area contributed by atoms with Gasteiger partial charge in [-0.1, -0.05) is 119 Å². The van der Waals surface area contributed by atoms with Crippen LogP contribution < -0.4 is 0 Å². The van der Waals surface area contributed by atoms with Gasteiger partial charge in [0.2, 0.25) is 0 Å². The van der Waals surface area contributed by atoms with Gasteiger partial charge in [-0.3, -0.25) is 0 Å². The molecule has 0 saturated carbocycles. The van der Waals surface area contributed by atoms with Gasteiger partial charge in [0, 0.05) is 0 Å². The Morgan fingerprint density at radius 2 is 0.900 bits per heavy atom. The second-order valence-corrected chi connectivity index (χ2v) is 8.35. The number of hydrogen-bond donors (Lipinski definition) is 0. The Labute approximate surface area is 180 Å². The van der Waals surface area contributed by atoms with Crippen LogP contribution in [0.4, 0.5) is 0 Å². The largest absolute Gasteiger partial charge is 0.0725 e. The molecule has 0 bridgehead atoms. The van der Waals surface area contributed by atoms with Gasteiger partial charge >= 0.3 is 0 Å².